The van der Waals surface area contributed by atoms with E-state index in [1.54, 1.807) is 0 Å². The van der Waals surface area contributed by atoms with E-state index in [-0.39, 0.29) is 10.8 Å². The third-order valence-corrected chi connectivity index (χ3v) is 1.84. The van der Waals surface area contributed by atoms with Gasteiger partial charge in [0.15, 0.2) is 5.65 Å². The van der Waals surface area contributed by atoms with Gasteiger partial charge in [0.25, 0.3) is 0 Å². The quantitative estimate of drug-likeness (QED) is 0.555. The van der Waals surface area contributed by atoms with Crippen LogP contribution < -0.4 is 5.56 Å². The summed E-state index contributed by atoms with van der Waals surface area (Å²) in [5.74, 6) is 0. The van der Waals surface area contributed by atoms with Gasteiger partial charge in [0.1, 0.15) is 11.3 Å². The maximum atomic E-state index is 11.4. The molecule has 0 aliphatic carbocycles. The van der Waals surface area contributed by atoms with Gasteiger partial charge in [0, 0.05) is 6.07 Å². The number of aromatic nitrogens is 3. The predicted octanol–water partition coefficient (Wildman–Crippen LogP) is 0.584. The van der Waals surface area contributed by atoms with Crippen LogP contribution in [-0.4, -0.2) is 19.5 Å². The summed E-state index contributed by atoms with van der Waals surface area (Å²) in [5, 5.41) is 13.0. The van der Waals surface area contributed by atoms with Gasteiger partial charge in [-0.1, -0.05) is 11.6 Å². The third-order valence-electron chi connectivity index (χ3n) is 1.64. The van der Waals surface area contributed by atoms with Crippen molar-refractivity contribution in [1.29, 1.82) is 0 Å². The van der Waals surface area contributed by atoms with Crippen molar-refractivity contribution in [3.63, 3.8) is 0 Å². The fraction of sp³-hybridized carbons (Fsp3) is 0. The molecule has 0 aliphatic heterocycles. The van der Waals surface area contributed by atoms with Crippen LogP contribution in [0.25, 0.3) is 5.65 Å². The lowest BCUT2D eigenvalue weighted by Crippen LogP contribution is -2.18. The molecule has 0 saturated carbocycles. The second-order valence-electron chi connectivity index (χ2n) is 2.50. The summed E-state index contributed by atoms with van der Waals surface area (Å²) in [6, 6.07) is 1.40. The van der Waals surface area contributed by atoms with Gasteiger partial charge >= 0.3 is 11.2 Å². The van der Waals surface area contributed by atoms with Gasteiger partial charge in [-0.2, -0.15) is 4.52 Å². The smallest absolute Gasteiger partial charge is 0.278 e. The molecule has 0 unspecified atom stereocenters. The Hall–Kier alpha value is -1.89. The number of nitrogens with zero attached hydrogens (tertiary/aromatic N) is 3. The second kappa shape index (κ2) is 2.81. The molecule has 72 valence electrons. The molecule has 0 aliphatic rings. The topological polar surface area (TPSA) is 93.3 Å². The van der Waals surface area contributed by atoms with Gasteiger partial charge in [-0.3, -0.25) is 20.0 Å². The minimum atomic E-state index is -0.795. The Balaban J connectivity index is 2.88. The van der Waals surface area contributed by atoms with Crippen molar-refractivity contribution < 1.29 is 4.92 Å². The van der Waals surface area contributed by atoms with E-state index in [9.17, 15) is 14.9 Å². The SMILES string of the molecule is O=c1c([N+](=O)[O-])cnc2cc(Cl)[nH]n12. The predicted molar refractivity (Wildman–Crippen MR) is 47.5 cm³/mol. The number of hydrogen-bond donors (Lipinski definition) is 1. The lowest BCUT2D eigenvalue weighted by molar-refractivity contribution is -0.386. The van der Waals surface area contributed by atoms with Crippen LogP contribution in [0.3, 0.4) is 0 Å². The Morgan fingerprint density at radius 2 is 2.36 bits per heavy atom. The number of fused-ring (bicyclic) bond motifs is 1. The molecule has 1 N–H and O–H groups in total. The highest BCUT2D eigenvalue weighted by Crippen LogP contribution is 2.09. The minimum absolute atomic E-state index is 0.190. The number of rotatable bonds is 1. The van der Waals surface area contributed by atoms with E-state index < -0.39 is 16.2 Å². The van der Waals surface area contributed by atoms with Gasteiger partial charge in [-0.05, 0) is 0 Å². The lowest BCUT2D eigenvalue weighted by Gasteiger charge is -1.91. The molecule has 0 saturated heterocycles. The molecule has 14 heavy (non-hydrogen) atoms. The van der Waals surface area contributed by atoms with Crippen LogP contribution in [0, 0.1) is 10.1 Å². The maximum absolute atomic E-state index is 11.4. The fourth-order valence-electron chi connectivity index (χ4n) is 1.05. The summed E-state index contributed by atoms with van der Waals surface area (Å²) in [6.07, 6.45) is 0.905. The summed E-state index contributed by atoms with van der Waals surface area (Å²) in [5.41, 5.74) is -1.14. The first-order valence-corrected chi connectivity index (χ1v) is 3.88. The highest BCUT2D eigenvalue weighted by atomic mass is 35.5. The van der Waals surface area contributed by atoms with E-state index in [1.165, 1.54) is 6.07 Å². The zero-order chi connectivity index (χ0) is 10.3. The van der Waals surface area contributed by atoms with Crippen LogP contribution in [0.15, 0.2) is 17.1 Å². The Morgan fingerprint density at radius 1 is 1.64 bits per heavy atom. The van der Waals surface area contributed by atoms with Crippen LogP contribution in [0.2, 0.25) is 5.15 Å². The van der Waals surface area contributed by atoms with E-state index in [4.69, 9.17) is 11.6 Å². The molecule has 0 aromatic carbocycles. The average molecular weight is 215 g/mol. The summed E-state index contributed by atoms with van der Waals surface area (Å²) in [7, 11) is 0. The van der Waals surface area contributed by atoms with E-state index in [0.717, 1.165) is 10.7 Å². The average Bonchev–Trinajstić information content (AvgIpc) is 2.46. The second-order valence-corrected chi connectivity index (χ2v) is 2.91. The molecular weight excluding hydrogens is 212 g/mol. The molecule has 0 bridgehead atoms. The highest BCUT2D eigenvalue weighted by Gasteiger charge is 2.15. The van der Waals surface area contributed by atoms with Crippen molar-refractivity contribution in [1.82, 2.24) is 14.6 Å². The zero-order valence-corrected chi connectivity index (χ0v) is 7.35. The monoisotopic (exact) mass is 214 g/mol. The molecule has 2 aromatic rings. The first kappa shape index (κ1) is 8.70. The van der Waals surface area contributed by atoms with Crippen LogP contribution in [0.1, 0.15) is 0 Å². The molecule has 2 rings (SSSR count). The minimum Gasteiger partial charge on any atom is -0.278 e. The highest BCUT2D eigenvalue weighted by molar-refractivity contribution is 6.29. The molecule has 0 spiro atoms. The standard InChI is InChI=1S/C6H3ClN4O3/c7-4-1-5-8-2-3(11(13)14)6(12)10(5)9-4/h1-2,9H. The van der Waals surface area contributed by atoms with E-state index >= 15 is 0 Å². The summed E-state index contributed by atoms with van der Waals surface area (Å²) >= 11 is 5.56. The van der Waals surface area contributed by atoms with Crippen molar-refractivity contribution in [2.75, 3.05) is 0 Å². The van der Waals surface area contributed by atoms with Crippen LogP contribution in [0.5, 0.6) is 0 Å². The zero-order valence-electron chi connectivity index (χ0n) is 6.60. The first-order chi connectivity index (χ1) is 6.59. The van der Waals surface area contributed by atoms with Gasteiger partial charge in [-0.15, -0.1) is 0 Å². The molecule has 2 aromatic heterocycles. The molecule has 2 heterocycles. The van der Waals surface area contributed by atoms with E-state index in [0.29, 0.717) is 0 Å². The molecular formula is C6H3ClN4O3. The van der Waals surface area contributed by atoms with Crippen molar-refractivity contribution in [2.24, 2.45) is 0 Å². The number of aromatic amines is 1. The van der Waals surface area contributed by atoms with Crippen LogP contribution in [0.4, 0.5) is 5.69 Å². The van der Waals surface area contributed by atoms with Crippen molar-refractivity contribution >= 4 is 22.9 Å². The molecule has 0 fully saturated rings. The summed E-state index contributed by atoms with van der Waals surface area (Å²) in [4.78, 5) is 24.6. The molecule has 0 radical (unpaired) electrons. The van der Waals surface area contributed by atoms with E-state index in [2.05, 4.69) is 10.1 Å². The molecule has 0 atom stereocenters. The van der Waals surface area contributed by atoms with Crippen LogP contribution >= 0.6 is 11.6 Å². The number of H-pyrrole nitrogens is 1. The fourth-order valence-corrected chi connectivity index (χ4v) is 1.23. The van der Waals surface area contributed by atoms with Crippen molar-refractivity contribution in [3.05, 3.63) is 37.9 Å². The summed E-state index contributed by atoms with van der Waals surface area (Å²) < 4.78 is 0.917. The molecule has 7 nitrogen and oxygen atoms in total. The number of hydrogen-bond acceptors (Lipinski definition) is 4. The first-order valence-electron chi connectivity index (χ1n) is 3.50. The van der Waals surface area contributed by atoms with Crippen LogP contribution in [-0.2, 0) is 0 Å². The number of nitrogens with one attached hydrogen (secondary N) is 1. The Labute approximate surface area is 81.1 Å². The number of nitro groups is 1. The van der Waals surface area contributed by atoms with Gasteiger partial charge in [0.2, 0.25) is 0 Å². The maximum Gasteiger partial charge on any atom is 0.354 e. The molecule has 0 amide bonds. The Morgan fingerprint density at radius 3 is 3.00 bits per heavy atom. The molecule has 8 heteroatoms. The van der Waals surface area contributed by atoms with E-state index in [1.807, 2.05) is 0 Å². The summed E-state index contributed by atoms with van der Waals surface area (Å²) in [6.45, 7) is 0. The largest absolute Gasteiger partial charge is 0.354 e. The lowest BCUT2D eigenvalue weighted by atomic mass is 10.5. The third kappa shape index (κ3) is 1.14. The Bertz CT molecular complexity index is 572. The van der Waals surface area contributed by atoms with Gasteiger partial charge in [0.05, 0.1) is 4.92 Å². The normalized spacial score (nSPS) is 10.6. The van der Waals surface area contributed by atoms with Gasteiger partial charge in [-0.25, -0.2) is 4.98 Å². The number of halogens is 1. The Kier molecular flexibility index (Phi) is 1.74. The van der Waals surface area contributed by atoms with Gasteiger partial charge < -0.3 is 0 Å². The van der Waals surface area contributed by atoms with Crippen molar-refractivity contribution in [2.45, 2.75) is 0 Å². The van der Waals surface area contributed by atoms with Crippen molar-refractivity contribution in [3.8, 4) is 0 Å².